The molecule has 0 unspecified atom stereocenters. The Balaban J connectivity index is 2.02. The van der Waals surface area contributed by atoms with Crippen LogP contribution in [0.4, 0.5) is 4.39 Å². The number of carbonyl (C=O) groups excluding carboxylic acids is 2. The van der Waals surface area contributed by atoms with E-state index < -0.39 is 34.9 Å². The fourth-order valence-corrected chi connectivity index (χ4v) is 3.69. The summed E-state index contributed by atoms with van der Waals surface area (Å²) in [5.74, 6) is -2.15. The SMILES string of the molecule is CCO[C@@H]1C[C@@H](N(Cc2ccc(F)cc2)C(=O)c2ncn(C)c(=O)c2O)N(C(C)=O)C1. The van der Waals surface area contributed by atoms with Crippen molar-refractivity contribution in [3.05, 3.63) is 58.0 Å². The maximum Gasteiger partial charge on any atom is 0.296 e. The van der Waals surface area contributed by atoms with Crippen molar-refractivity contribution in [2.75, 3.05) is 13.2 Å². The predicted octanol–water partition coefficient (Wildman–Crippen LogP) is 1.25. The van der Waals surface area contributed by atoms with Crippen LogP contribution in [0, 0.1) is 5.82 Å². The van der Waals surface area contributed by atoms with E-state index in [1.807, 2.05) is 6.92 Å². The van der Waals surface area contributed by atoms with Gasteiger partial charge in [0.1, 0.15) is 12.0 Å². The van der Waals surface area contributed by atoms with E-state index in [9.17, 15) is 23.9 Å². The zero-order chi connectivity index (χ0) is 22.7. The molecule has 166 valence electrons. The van der Waals surface area contributed by atoms with Crippen molar-refractivity contribution < 1.29 is 23.8 Å². The summed E-state index contributed by atoms with van der Waals surface area (Å²) in [5.41, 5.74) is -0.558. The molecule has 2 heterocycles. The summed E-state index contributed by atoms with van der Waals surface area (Å²) >= 11 is 0. The summed E-state index contributed by atoms with van der Waals surface area (Å²) in [6, 6.07) is 5.60. The normalized spacial score (nSPS) is 18.3. The predicted molar refractivity (Wildman–Crippen MR) is 109 cm³/mol. The third-order valence-corrected chi connectivity index (χ3v) is 5.24. The van der Waals surface area contributed by atoms with E-state index in [-0.39, 0.29) is 18.6 Å². The largest absolute Gasteiger partial charge is 0.501 e. The van der Waals surface area contributed by atoms with Crippen molar-refractivity contribution in [3.8, 4) is 5.75 Å². The number of hydrogen-bond acceptors (Lipinski definition) is 6. The van der Waals surface area contributed by atoms with E-state index in [0.29, 0.717) is 25.1 Å². The van der Waals surface area contributed by atoms with Crippen LogP contribution in [0.3, 0.4) is 0 Å². The number of rotatable bonds is 6. The zero-order valence-electron chi connectivity index (χ0n) is 17.6. The number of aromatic hydroxyl groups is 1. The summed E-state index contributed by atoms with van der Waals surface area (Å²) in [5, 5.41) is 10.3. The minimum Gasteiger partial charge on any atom is -0.501 e. The van der Waals surface area contributed by atoms with Crippen molar-refractivity contribution in [3.63, 3.8) is 0 Å². The molecule has 31 heavy (non-hydrogen) atoms. The summed E-state index contributed by atoms with van der Waals surface area (Å²) in [6.45, 7) is 4.01. The number of amides is 2. The standard InChI is InChI=1S/C21H25FN4O5/c1-4-31-16-9-17(25(11-16)13(2)27)26(10-14-5-7-15(22)8-6-14)20(29)18-19(28)21(30)24(3)12-23-18/h5-8,12,16-17,28H,4,9-11H2,1-3H3/t16-,17-/m1/s1. The molecule has 0 aliphatic carbocycles. The molecule has 1 N–H and O–H groups in total. The molecule has 2 atom stereocenters. The Bertz CT molecular complexity index is 1020. The average molecular weight is 432 g/mol. The quantitative estimate of drug-likeness (QED) is 0.737. The second kappa shape index (κ2) is 9.25. The van der Waals surface area contributed by atoms with Crippen LogP contribution in [-0.4, -0.2) is 61.7 Å². The molecule has 1 aliphatic rings. The molecule has 2 aromatic rings. The number of ether oxygens (including phenoxy) is 1. The highest BCUT2D eigenvalue weighted by Gasteiger charge is 2.41. The molecule has 0 radical (unpaired) electrons. The highest BCUT2D eigenvalue weighted by molar-refractivity contribution is 5.95. The average Bonchev–Trinajstić information content (AvgIpc) is 3.15. The zero-order valence-corrected chi connectivity index (χ0v) is 17.6. The van der Waals surface area contributed by atoms with Gasteiger partial charge in [-0.2, -0.15) is 0 Å². The second-order valence-electron chi connectivity index (χ2n) is 7.38. The van der Waals surface area contributed by atoms with Crippen LogP contribution in [0.15, 0.2) is 35.4 Å². The molecule has 1 saturated heterocycles. The molecular weight excluding hydrogens is 407 g/mol. The van der Waals surface area contributed by atoms with Crippen LogP contribution in [-0.2, 0) is 23.1 Å². The Morgan fingerprint density at radius 3 is 2.61 bits per heavy atom. The summed E-state index contributed by atoms with van der Waals surface area (Å²) in [4.78, 5) is 44.6. The molecule has 1 fully saturated rings. The summed E-state index contributed by atoms with van der Waals surface area (Å²) < 4.78 is 20.1. The lowest BCUT2D eigenvalue weighted by atomic mass is 10.1. The number of hydrogen-bond donors (Lipinski definition) is 1. The Morgan fingerprint density at radius 1 is 1.32 bits per heavy atom. The van der Waals surface area contributed by atoms with Crippen molar-refractivity contribution in [1.29, 1.82) is 0 Å². The fourth-order valence-electron chi connectivity index (χ4n) is 3.69. The first-order chi connectivity index (χ1) is 14.7. The molecule has 0 bridgehead atoms. The molecule has 9 nitrogen and oxygen atoms in total. The van der Waals surface area contributed by atoms with E-state index in [2.05, 4.69) is 4.98 Å². The van der Waals surface area contributed by atoms with Gasteiger partial charge in [-0.1, -0.05) is 12.1 Å². The van der Waals surface area contributed by atoms with Crippen molar-refractivity contribution in [2.24, 2.45) is 7.05 Å². The van der Waals surface area contributed by atoms with Gasteiger partial charge >= 0.3 is 0 Å². The third kappa shape index (κ3) is 4.74. The lowest BCUT2D eigenvalue weighted by molar-refractivity contribution is -0.132. The van der Waals surface area contributed by atoms with E-state index in [4.69, 9.17) is 4.74 Å². The van der Waals surface area contributed by atoms with Crippen LogP contribution in [0.1, 0.15) is 36.3 Å². The van der Waals surface area contributed by atoms with Gasteiger partial charge in [0, 0.05) is 40.1 Å². The number of aryl methyl sites for hydroxylation is 1. The van der Waals surface area contributed by atoms with E-state index in [0.717, 1.165) is 10.9 Å². The van der Waals surface area contributed by atoms with Crippen LogP contribution >= 0.6 is 0 Å². The molecule has 1 aliphatic heterocycles. The molecule has 3 rings (SSSR count). The van der Waals surface area contributed by atoms with E-state index in [1.165, 1.54) is 48.0 Å². The summed E-state index contributed by atoms with van der Waals surface area (Å²) in [7, 11) is 1.40. The first kappa shape index (κ1) is 22.4. The van der Waals surface area contributed by atoms with E-state index >= 15 is 0 Å². The van der Waals surface area contributed by atoms with Gasteiger partial charge in [-0.25, -0.2) is 9.37 Å². The Labute approximate surface area is 178 Å². The van der Waals surface area contributed by atoms with Gasteiger partial charge in [0.15, 0.2) is 5.69 Å². The molecule has 10 heteroatoms. The van der Waals surface area contributed by atoms with Gasteiger partial charge in [-0.05, 0) is 24.6 Å². The number of halogens is 1. The van der Waals surface area contributed by atoms with Crippen LogP contribution in [0.5, 0.6) is 5.75 Å². The van der Waals surface area contributed by atoms with Gasteiger partial charge in [-0.15, -0.1) is 0 Å². The topological polar surface area (TPSA) is 105 Å². The Morgan fingerprint density at radius 2 is 2.00 bits per heavy atom. The number of aromatic nitrogens is 2. The summed E-state index contributed by atoms with van der Waals surface area (Å²) in [6.07, 6.45) is 0.544. The van der Waals surface area contributed by atoms with Gasteiger partial charge in [-0.3, -0.25) is 19.0 Å². The van der Waals surface area contributed by atoms with Crippen molar-refractivity contribution in [1.82, 2.24) is 19.4 Å². The second-order valence-corrected chi connectivity index (χ2v) is 7.38. The molecule has 2 amide bonds. The van der Waals surface area contributed by atoms with Crippen molar-refractivity contribution in [2.45, 2.75) is 39.1 Å². The molecule has 0 saturated carbocycles. The molecule has 1 aromatic carbocycles. The number of benzene rings is 1. The smallest absolute Gasteiger partial charge is 0.296 e. The highest BCUT2D eigenvalue weighted by Crippen LogP contribution is 2.27. The Kier molecular flexibility index (Phi) is 6.69. The lowest BCUT2D eigenvalue weighted by Crippen LogP contribution is -2.49. The lowest BCUT2D eigenvalue weighted by Gasteiger charge is -2.34. The van der Waals surface area contributed by atoms with Gasteiger partial charge in [0.2, 0.25) is 11.7 Å². The first-order valence-electron chi connectivity index (χ1n) is 9.91. The monoisotopic (exact) mass is 432 g/mol. The minimum absolute atomic E-state index is 0.0166. The fraction of sp³-hybridized carbons (Fsp3) is 0.429. The molecule has 1 aromatic heterocycles. The van der Waals surface area contributed by atoms with Gasteiger partial charge < -0.3 is 19.6 Å². The van der Waals surface area contributed by atoms with Gasteiger partial charge in [0.25, 0.3) is 11.5 Å². The third-order valence-electron chi connectivity index (χ3n) is 5.24. The Hall–Kier alpha value is -3.27. The minimum atomic E-state index is -0.771. The highest BCUT2D eigenvalue weighted by atomic mass is 19.1. The van der Waals surface area contributed by atoms with Crippen LogP contribution in [0.25, 0.3) is 0 Å². The first-order valence-corrected chi connectivity index (χ1v) is 9.91. The molecule has 0 spiro atoms. The number of carbonyl (C=O) groups is 2. The van der Waals surface area contributed by atoms with Crippen LogP contribution < -0.4 is 5.56 Å². The number of nitrogens with zero attached hydrogens (tertiary/aromatic N) is 4. The van der Waals surface area contributed by atoms with Gasteiger partial charge in [0.05, 0.1) is 12.4 Å². The van der Waals surface area contributed by atoms with Crippen LogP contribution in [0.2, 0.25) is 0 Å². The maximum atomic E-state index is 13.4. The van der Waals surface area contributed by atoms with E-state index in [1.54, 1.807) is 0 Å². The van der Waals surface area contributed by atoms with Crippen molar-refractivity contribution >= 4 is 11.8 Å². The molecular formula is C21H25FN4O5. The number of likely N-dealkylation sites (tertiary alicyclic amines) is 1. The maximum absolute atomic E-state index is 13.4.